The van der Waals surface area contributed by atoms with Gasteiger partial charge in [-0.05, 0) is 31.2 Å². The lowest BCUT2D eigenvalue weighted by molar-refractivity contribution is -0.136. The summed E-state index contributed by atoms with van der Waals surface area (Å²) in [6, 6.07) is 4.93. The minimum atomic E-state index is -1.06. The molecule has 0 spiro atoms. The number of aliphatic carboxylic acids is 1. The Kier molecular flexibility index (Phi) is 4.92. The second kappa shape index (κ2) is 6.21. The largest absolute Gasteiger partial charge is 0.496 e. The van der Waals surface area contributed by atoms with Crippen LogP contribution in [0.4, 0.5) is 0 Å². The number of carboxylic acids is 1. The van der Waals surface area contributed by atoms with E-state index in [4.69, 9.17) is 21.4 Å². The summed E-state index contributed by atoms with van der Waals surface area (Å²) in [5, 5.41) is 9.23. The van der Waals surface area contributed by atoms with E-state index in [1.165, 1.54) is 20.1 Å². The van der Waals surface area contributed by atoms with E-state index in [-0.39, 0.29) is 17.8 Å². The molecule has 1 aromatic rings. The molecule has 0 saturated carbocycles. The number of methoxy groups -OCH3 is 1. The van der Waals surface area contributed by atoms with Crippen LogP contribution in [0.15, 0.2) is 23.8 Å². The maximum absolute atomic E-state index is 11.4. The van der Waals surface area contributed by atoms with E-state index in [1.807, 2.05) is 0 Å². The zero-order valence-corrected chi connectivity index (χ0v) is 10.8. The summed E-state index contributed by atoms with van der Waals surface area (Å²) in [7, 11) is 1.49. The first kappa shape index (κ1) is 14.3. The summed E-state index contributed by atoms with van der Waals surface area (Å²) in [6.45, 7) is 1.33. The van der Waals surface area contributed by atoms with Crippen LogP contribution in [0, 0.1) is 0 Å². The van der Waals surface area contributed by atoms with Crippen LogP contribution in [0.5, 0.6) is 5.75 Å². The molecule has 0 aromatic heterocycles. The molecular weight excluding hydrogens is 256 g/mol. The van der Waals surface area contributed by atoms with Crippen LogP contribution in [0.3, 0.4) is 0 Å². The van der Waals surface area contributed by atoms with Crippen molar-refractivity contribution >= 4 is 29.4 Å². The van der Waals surface area contributed by atoms with E-state index in [0.29, 0.717) is 16.3 Å². The molecule has 0 aliphatic heterocycles. The van der Waals surface area contributed by atoms with Crippen LogP contribution < -0.4 is 4.74 Å². The van der Waals surface area contributed by atoms with Crippen molar-refractivity contribution in [1.29, 1.82) is 0 Å². The second-order valence-corrected chi connectivity index (χ2v) is 4.12. The topological polar surface area (TPSA) is 63.6 Å². The van der Waals surface area contributed by atoms with E-state index in [9.17, 15) is 9.59 Å². The molecule has 0 amide bonds. The molecule has 0 atom stereocenters. The van der Waals surface area contributed by atoms with Crippen LogP contribution in [0.1, 0.15) is 18.9 Å². The highest BCUT2D eigenvalue weighted by Crippen LogP contribution is 2.25. The van der Waals surface area contributed by atoms with Gasteiger partial charge in [0, 0.05) is 16.2 Å². The number of ketones is 1. The van der Waals surface area contributed by atoms with Crippen LogP contribution in [0.2, 0.25) is 5.02 Å². The van der Waals surface area contributed by atoms with Crippen molar-refractivity contribution in [2.75, 3.05) is 7.11 Å². The van der Waals surface area contributed by atoms with Gasteiger partial charge in [-0.1, -0.05) is 11.6 Å². The molecule has 1 rings (SSSR count). The van der Waals surface area contributed by atoms with Gasteiger partial charge in [0.15, 0.2) is 5.78 Å². The van der Waals surface area contributed by atoms with Gasteiger partial charge >= 0.3 is 5.97 Å². The Morgan fingerprint density at radius 3 is 2.61 bits per heavy atom. The van der Waals surface area contributed by atoms with E-state index < -0.39 is 5.97 Å². The average Bonchev–Trinajstić information content (AvgIpc) is 2.27. The third kappa shape index (κ3) is 3.89. The predicted molar refractivity (Wildman–Crippen MR) is 68.9 cm³/mol. The first-order valence-corrected chi connectivity index (χ1v) is 5.58. The Labute approximate surface area is 110 Å². The molecule has 96 valence electrons. The SMILES string of the molecule is COc1ccc(Cl)cc1/C=C(\CC(=O)O)C(C)=O. The van der Waals surface area contributed by atoms with Crippen LogP contribution in [0.25, 0.3) is 6.08 Å². The molecular formula is C13H13ClO4. The van der Waals surface area contributed by atoms with Gasteiger partial charge in [0.2, 0.25) is 0 Å². The highest BCUT2D eigenvalue weighted by molar-refractivity contribution is 6.30. The molecule has 1 aromatic carbocycles. The zero-order chi connectivity index (χ0) is 13.7. The van der Waals surface area contributed by atoms with Crippen molar-refractivity contribution < 1.29 is 19.4 Å². The monoisotopic (exact) mass is 268 g/mol. The number of ether oxygens (including phenoxy) is 1. The lowest BCUT2D eigenvalue weighted by atomic mass is 10.0. The van der Waals surface area contributed by atoms with Crippen molar-refractivity contribution in [2.24, 2.45) is 0 Å². The predicted octanol–water partition coefficient (Wildman–Crippen LogP) is 2.80. The first-order chi connectivity index (χ1) is 8.43. The average molecular weight is 269 g/mol. The summed E-state index contributed by atoms with van der Waals surface area (Å²) in [5.41, 5.74) is 0.777. The Bertz CT molecular complexity index is 506. The molecule has 0 heterocycles. The minimum absolute atomic E-state index is 0.197. The first-order valence-electron chi connectivity index (χ1n) is 5.21. The summed E-state index contributed by atoms with van der Waals surface area (Å²) < 4.78 is 5.12. The fourth-order valence-corrected chi connectivity index (χ4v) is 1.63. The molecule has 0 saturated heterocycles. The molecule has 0 radical (unpaired) electrons. The number of carboxylic acid groups (broad SMARTS) is 1. The van der Waals surface area contributed by atoms with Gasteiger partial charge in [0.1, 0.15) is 5.75 Å². The summed E-state index contributed by atoms with van der Waals surface area (Å²) in [6.07, 6.45) is 1.16. The van der Waals surface area contributed by atoms with Crippen LogP contribution in [-0.2, 0) is 9.59 Å². The standard InChI is InChI=1S/C13H13ClO4/c1-8(15)9(7-13(16)17)5-10-6-11(14)3-4-12(10)18-2/h3-6H,7H2,1-2H3,(H,16,17)/b9-5+. The number of rotatable bonds is 5. The normalized spacial score (nSPS) is 11.2. The van der Waals surface area contributed by atoms with Gasteiger partial charge in [0.05, 0.1) is 13.5 Å². The number of hydrogen-bond acceptors (Lipinski definition) is 3. The maximum atomic E-state index is 11.4. The number of carbonyl (C=O) groups is 2. The Morgan fingerprint density at radius 2 is 2.11 bits per heavy atom. The molecule has 0 aliphatic rings. The molecule has 1 N–H and O–H groups in total. The van der Waals surface area contributed by atoms with Crippen molar-refractivity contribution in [2.45, 2.75) is 13.3 Å². The fraction of sp³-hybridized carbons (Fsp3) is 0.231. The second-order valence-electron chi connectivity index (χ2n) is 3.68. The Balaban J connectivity index is 3.22. The number of carbonyl (C=O) groups excluding carboxylic acids is 1. The highest BCUT2D eigenvalue weighted by Gasteiger charge is 2.11. The van der Waals surface area contributed by atoms with E-state index in [2.05, 4.69) is 0 Å². The van der Waals surface area contributed by atoms with Gasteiger partial charge in [-0.2, -0.15) is 0 Å². The van der Waals surface area contributed by atoms with Crippen molar-refractivity contribution in [3.63, 3.8) is 0 Å². The van der Waals surface area contributed by atoms with Crippen molar-refractivity contribution in [3.05, 3.63) is 34.4 Å². The fourth-order valence-electron chi connectivity index (χ4n) is 1.45. The zero-order valence-electron chi connectivity index (χ0n) is 10.1. The van der Waals surface area contributed by atoms with Gasteiger partial charge in [-0.15, -0.1) is 0 Å². The molecule has 18 heavy (non-hydrogen) atoms. The van der Waals surface area contributed by atoms with E-state index >= 15 is 0 Å². The van der Waals surface area contributed by atoms with Gasteiger partial charge in [0.25, 0.3) is 0 Å². The lowest BCUT2D eigenvalue weighted by Crippen LogP contribution is -2.04. The summed E-state index contributed by atoms with van der Waals surface area (Å²) in [4.78, 5) is 22.0. The van der Waals surface area contributed by atoms with E-state index in [1.54, 1.807) is 18.2 Å². The number of halogens is 1. The molecule has 0 unspecified atom stereocenters. The summed E-state index contributed by atoms with van der Waals surface area (Å²) in [5.74, 6) is -0.819. The van der Waals surface area contributed by atoms with E-state index in [0.717, 1.165) is 0 Å². The van der Waals surface area contributed by atoms with Gasteiger partial charge < -0.3 is 9.84 Å². The van der Waals surface area contributed by atoms with Gasteiger partial charge in [-0.25, -0.2) is 0 Å². The smallest absolute Gasteiger partial charge is 0.307 e. The Morgan fingerprint density at radius 1 is 1.44 bits per heavy atom. The Hall–Kier alpha value is -1.81. The van der Waals surface area contributed by atoms with Crippen molar-refractivity contribution in [3.8, 4) is 5.75 Å². The summed E-state index contributed by atoms with van der Waals surface area (Å²) >= 11 is 5.86. The van der Waals surface area contributed by atoms with Crippen molar-refractivity contribution in [1.82, 2.24) is 0 Å². The molecule has 0 bridgehead atoms. The highest BCUT2D eigenvalue weighted by atomic mass is 35.5. The number of Topliss-reactive ketones (excluding diaryl/α,β-unsaturated/α-hetero) is 1. The van der Waals surface area contributed by atoms with Crippen LogP contribution >= 0.6 is 11.6 Å². The molecule has 0 fully saturated rings. The third-order valence-corrected chi connectivity index (χ3v) is 2.55. The number of benzene rings is 1. The molecule has 0 aliphatic carbocycles. The van der Waals surface area contributed by atoms with Crippen LogP contribution in [-0.4, -0.2) is 24.0 Å². The molecule has 5 heteroatoms. The minimum Gasteiger partial charge on any atom is -0.496 e. The quantitative estimate of drug-likeness (QED) is 0.834. The lowest BCUT2D eigenvalue weighted by Gasteiger charge is -2.07. The molecule has 4 nitrogen and oxygen atoms in total. The number of hydrogen-bond donors (Lipinski definition) is 1. The van der Waals surface area contributed by atoms with Gasteiger partial charge in [-0.3, -0.25) is 9.59 Å². The third-order valence-electron chi connectivity index (χ3n) is 2.32. The maximum Gasteiger partial charge on any atom is 0.307 e.